The molecule has 4 rings (SSSR count). The Morgan fingerprint density at radius 1 is 1.20 bits per heavy atom. The van der Waals surface area contributed by atoms with E-state index < -0.39 is 5.82 Å². The van der Waals surface area contributed by atoms with Crippen LogP contribution in [0.2, 0.25) is 5.02 Å². The Morgan fingerprint density at radius 2 is 1.97 bits per heavy atom. The van der Waals surface area contributed by atoms with Gasteiger partial charge in [-0.1, -0.05) is 48.8 Å². The van der Waals surface area contributed by atoms with Crippen LogP contribution in [0.1, 0.15) is 25.8 Å². The molecule has 0 aliphatic carbocycles. The van der Waals surface area contributed by atoms with Crippen LogP contribution in [0.4, 0.5) is 20.8 Å². The summed E-state index contributed by atoms with van der Waals surface area (Å²) in [7, 11) is 0. The average Bonchev–Trinajstić information content (AvgIpc) is 3.25. The lowest BCUT2D eigenvalue weighted by molar-refractivity contribution is 0.120. The second-order valence-electron chi connectivity index (χ2n) is 8.94. The SMILES string of the molecule is CC(C)CCN(Cc1c(-c2ccccc2F)noc1N1CCOCC1)C(=O)Nc1cccc(Cl)c1. The van der Waals surface area contributed by atoms with E-state index in [1.54, 1.807) is 47.4 Å². The molecule has 1 aliphatic rings. The molecule has 1 aromatic heterocycles. The summed E-state index contributed by atoms with van der Waals surface area (Å²) in [6.07, 6.45) is 0.802. The molecule has 0 radical (unpaired) electrons. The van der Waals surface area contributed by atoms with Crippen LogP contribution in [-0.2, 0) is 11.3 Å². The van der Waals surface area contributed by atoms with Crippen molar-refractivity contribution in [2.45, 2.75) is 26.8 Å². The van der Waals surface area contributed by atoms with Crippen LogP contribution in [0.3, 0.4) is 0 Å². The Bertz CT molecular complexity index is 1150. The molecule has 35 heavy (non-hydrogen) atoms. The van der Waals surface area contributed by atoms with Crippen molar-refractivity contribution in [3.63, 3.8) is 0 Å². The average molecular weight is 501 g/mol. The fourth-order valence-electron chi connectivity index (χ4n) is 3.95. The van der Waals surface area contributed by atoms with E-state index in [-0.39, 0.29) is 12.6 Å². The van der Waals surface area contributed by atoms with Gasteiger partial charge in [-0.3, -0.25) is 0 Å². The molecule has 3 aromatic rings. The Morgan fingerprint density at radius 3 is 2.69 bits per heavy atom. The summed E-state index contributed by atoms with van der Waals surface area (Å²) in [4.78, 5) is 17.1. The second-order valence-corrected chi connectivity index (χ2v) is 9.38. The molecule has 7 nitrogen and oxygen atoms in total. The quantitative estimate of drug-likeness (QED) is 0.407. The van der Waals surface area contributed by atoms with Crippen molar-refractivity contribution in [2.24, 2.45) is 5.92 Å². The first-order valence-corrected chi connectivity index (χ1v) is 12.2. The fraction of sp³-hybridized carbons (Fsp3) is 0.385. The highest BCUT2D eigenvalue weighted by Crippen LogP contribution is 2.34. The molecule has 1 aliphatic heterocycles. The minimum atomic E-state index is -0.396. The molecule has 1 saturated heterocycles. The lowest BCUT2D eigenvalue weighted by Gasteiger charge is -2.29. The molecule has 2 aromatic carbocycles. The number of carbonyl (C=O) groups excluding carboxylic acids is 1. The Balaban J connectivity index is 1.68. The van der Waals surface area contributed by atoms with Gasteiger partial charge in [0, 0.05) is 35.9 Å². The molecule has 0 spiro atoms. The summed E-state index contributed by atoms with van der Waals surface area (Å²) in [5.41, 5.74) is 2.01. The number of halogens is 2. The van der Waals surface area contributed by atoms with Crippen LogP contribution in [0.25, 0.3) is 11.3 Å². The number of nitrogens with zero attached hydrogens (tertiary/aromatic N) is 3. The van der Waals surface area contributed by atoms with Gasteiger partial charge in [-0.2, -0.15) is 0 Å². The first kappa shape index (κ1) is 25.0. The lowest BCUT2D eigenvalue weighted by atomic mass is 10.1. The molecule has 0 atom stereocenters. The van der Waals surface area contributed by atoms with Gasteiger partial charge >= 0.3 is 6.03 Å². The van der Waals surface area contributed by atoms with E-state index >= 15 is 0 Å². The third-order valence-corrected chi connectivity index (χ3v) is 6.12. The van der Waals surface area contributed by atoms with Gasteiger partial charge in [0.05, 0.1) is 25.3 Å². The number of morpholine rings is 1. The van der Waals surface area contributed by atoms with Gasteiger partial charge in [-0.05, 0) is 42.7 Å². The third kappa shape index (κ3) is 6.32. The van der Waals surface area contributed by atoms with Gasteiger partial charge < -0.3 is 24.4 Å². The zero-order valence-corrected chi connectivity index (χ0v) is 20.7. The van der Waals surface area contributed by atoms with Crippen molar-refractivity contribution in [1.29, 1.82) is 0 Å². The fourth-order valence-corrected chi connectivity index (χ4v) is 4.14. The minimum Gasteiger partial charge on any atom is -0.378 e. The zero-order valence-electron chi connectivity index (χ0n) is 20.0. The summed E-state index contributed by atoms with van der Waals surface area (Å²) < 4.78 is 26.0. The number of nitrogens with one attached hydrogen (secondary N) is 1. The summed E-state index contributed by atoms with van der Waals surface area (Å²) in [5, 5.41) is 7.72. The molecular formula is C26H30ClFN4O3. The summed E-state index contributed by atoms with van der Waals surface area (Å²) in [5.74, 6) is 0.535. The Hall–Kier alpha value is -3.10. The van der Waals surface area contributed by atoms with Crippen molar-refractivity contribution in [2.75, 3.05) is 43.1 Å². The maximum Gasteiger partial charge on any atom is 0.322 e. The Kier molecular flexibility index (Phi) is 8.25. The molecule has 9 heteroatoms. The normalized spacial score (nSPS) is 13.8. The number of hydrogen-bond donors (Lipinski definition) is 1. The molecule has 2 heterocycles. The van der Waals surface area contributed by atoms with Crippen molar-refractivity contribution in [3.8, 4) is 11.3 Å². The highest BCUT2D eigenvalue weighted by molar-refractivity contribution is 6.30. The number of carbonyl (C=O) groups is 1. The number of ether oxygens (including phenoxy) is 1. The highest BCUT2D eigenvalue weighted by Gasteiger charge is 2.28. The van der Waals surface area contributed by atoms with Gasteiger partial charge in [0.1, 0.15) is 11.5 Å². The number of aromatic nitrogens is 1. The van der Waals surface area contributed by atoms with Crippen LogP contribution >= 0.6 is 11.6 Å². The smallest absolute Gasteiger partial charge is 0.322 e. The number of benzene rings is 2. The second kappa shape index (κ2) is 11.6. The molecule has 0 saturated carbocycles. The predicted molar refractivity (Wildman–Crippen MR) is 135 cm³/mol. The van der Waals surface area contributed by atoms with Crippen molar-refractivity contribution >= 4 is 29.2 Å². The van der Waals surface area contributed by atoms with Gasteiger partial charge in [-0.25, -0.2) is 9.18 Å². The molecular weight excluding hydrogens is 471 g/mol. The van der Waals surface area contributed by atoms with E-state index in [2.05, 4.69) is 24.3 Å². The first-order chi connectivity index (χ1) is 16.9. The van der Waals surface area contributed by atoms with Crippen LogP contribution in [0.15, 0.2) is 53.1 Å². The summed E-state index contributed by atoms with van der Waals surface area (Å²) in [6, 6.07) is 13.2. The number of anilines is 2. The van der Waals surface area contributed by atoms with E-state index in [1.165, 1.54) is 6.07 Å². The predicted octanol–water partition coefficient (Wildman–Crippen LogP) is 6.05. The van der Waals surface area contributed by atoms with E-state index in [9.17, 15) is 9.18 Å². The van der Waals surface area contributed by atoms with Crippen molar-refractivity contribution < 1.29 is 18.4 Å². The van der Waals surface area contributed by atoms with Gasteiger partial charge in [-0.15, -0.1) is 0 Å². The van der Waals surface area contributed by atoms with E-state index in [1.807, 2.05) is 4.90 Å². The third-order valence-electron chi connectivity index (χ3n) is 5.88. The van der Waals surface area contributed by atoms with Gasteiger partial charge in [0.2, 0.25) is 5.88 Å². The van der Waals surface area contributed by atoms with E-state index in [4.69, 9.17) is 20.9 Å². The number of hydrogen-bond acceptors (Lipinski definition) is 5. The van der Waals surface area contributed by atoms with E-state index in [0.717, 1.165) is 6.42 Å². The van der Waals surface area contributed by atoms with Crippen molar-refractivity contribution in [1.82, 2.24) is 10.1 Å². The molecule has 0 bridgehead atoms. The first-order valence-electron chi connectivity index (χ1n) is 11.8. The number of urea groups is 1. The minimum absolute atomic E-state index is 0.207. The van der Waals surface area contributed by atoms with Crippen LogP contribution in [0.5, 0.6) is 0 Å². The molecule has 1 N–H and O–H groups in total. The van der Waals surface area contributed by atoms with Crippen molar-refractivity contribution in [3.05, 3.63) is 64.9 Å². The maximum absolute atomic E-state index is 14.8. The summed E-state index contributed by atoms with van der Waals surface area (Å²) >= 11 is 6.10. The van der Waals surface area contributed by atoms with Gasteiger partial charge in [0.25, 0.3) is 0 Å². The topological polar surface area (TPSA) is 70.8 Å². The molecule has 0 unspecified atom stereocenters. The Labute approximate surface area is 209 Å². The van der Waals surface area contributed by atoms with E-state index in [0.29, 0.717) is 72.2 Å². The molecule has 1 fully saturated rings. The van der Waals surface area contributed by atoms with Crippen LogP contribution < -0.4 is 10.2 Å². The standard InChI is InChI=1S/C26H30ClFN4O3/c1-18(2)10-11-32(26(33)29-20-7-5-6-19(27)16-20)17-22-24(21-8-3-4-9-23(21)28)30-35-25(22)31-12-14-34-15-13-31/h3-9,16,18H,10-15,17H2,1-2H3,(H,29,33). The lowest BCUT2D eigenvalue weighted by Crippen LogP contribution is -2.38. The van der Waals surface area contributed by atoms with Gasteiger partial charge in [0.15, 0.2) is 0 Å². The molecule has 186 valence electrons. The number of amides is 2. The summed E-state index contributed by atoms with van der Waals surface area (Å²) in [6.45, 7) is 7.29. The zero-order chi connectivity index (χ0) is 24.8. The molecule has 2 amide bonds. The highest BCUT2D eigenvalue weighted by atomic mass is 35.5. The largest absolute Gasteiger partial charge is 0.378 e. The van der Waals surface area contributed by atoms with Crippen LogP contribution in [-0.4, -0.2) is 48.9 Å². The maximum atomic E-state index is 14.8. The monoisotopic (exact) mass is 500 g/mol. The van der Waals surface area contributed by atoms with Crippen LogP contribution in [0, 0.1) is 11.7 Å². The number of rotatable bonds is 8.